The van der Waals surface area contributed by atoms with Crippen LogP contribution in [0.25, 0.3) is 11.1 Å². The Morgan fingerprint density at radius 1 is 0.684 bits per heavy atom. The first-order valence-corrected chi connectivity index (χ1v) is 7.07. The van der Waals surface area contributed by atoms with E-state index in [4.69, 9.17) is 0 Å². The Kier molecular flexibility index (Phi) is 2.44. The molecule has 2 aromatic carbocycles. The van der Waals surface area contributed by atoms with Crippen LogP contribution in [0.5, 0.6) is 0 Å². The predicted molar refractivity (Wildman–Crippen MR) is 82.7 cm³/mol. The average molecular weight is 250 g/mol. The highest BCUT2D eigenvalue weighted by atomic mass is 14.5. The van der Waals surface area contributed by atoms with E-state index >= 15 is 0 Å². The highest BCUT2D eigenvalue weighted by Gasteiger charge is 2.45. The zero-order valence-corrected chi connectivity index (χ0v) is 12.5. The first-order chi connectivity index (χ1) is 8.85. The van der Waals surface area contributed by atoms with Gasteiger partial charge in [-0.25, -0.2) is 0 Å². The summed E-state index contributed by atoms with van der Waals surface area (Å²) in [4.78, 5) is 0. The molecule has 0 amide bonds. The number of benzene rings is 2. The zero-order valence-electron chi connectivity index (χ0n) is 12.5. The van der Waals surface area contributed by atoms with Gasteiger partial charge in [0.2, 0.25) is 0 Å². The third kappa shape index (κ3) is 1.52. The van der Waals surface area contributed by atoms with E-state index in [1.54, 1.807) is 0 Å². The SMILES string of the molecule is Cc1ccc2c(c1)-c1ccccc1C(C)(C)C2(C)C. The van der Waals surface area contributed by atoms with Gasteiger partial charge in [-0.3, -0.25) is 0 Å². The fourth-order valence-corrected chi connectivity index (χ4v) is 3.36. The normalized spacial score (nSPS) is 18.6. The molecule has 0 heteroatoms. The molecule has 19 heavy (non-hydrogen) atoms. The third-order valence-corrected chi connectivity index (χ3v) is 5.30. The van der Waals surface area contributed by atoms with Gasteiger partial charge in [0.1, 0.15) is 0 Å². The lowest BCUT2D eigenvalue weighted by atomic mass is 9.55. The second-order valence-electron chi connectivity index (χ2n) is 6.84. The number of rotatable bonds is 0. The summed E-state index contributed by atoms with van der Waals surface area (Å²) in [5.74, 6) is 0. The van der Waals surface area contributed by atoms with E-state index in [1.165, 1.54) is 27.8 Å². The number of hydrogen-bond acceptors (Lipinski definition) is 0. The molecular formula is C19H22. The van der Waals surface area contributed by atoms with Crippen LogP contribution in [0.3, 0.4) is 0 Å². The van der Waals surface area contributed by atoms with E-state index < -0.39 is 0 Å². The second kappa shape index (κ2) is 3.72. The van der Waals surface area contributed by atoms with E-state index in [1.807, 2.05) is 0 Å². The van der Waals surface area contributed by atoms with Gasteiger partial charge in [0.05, 0.1) is 0 Å². The lowest BCUT2D eigenvalue weighted by Crippen LogP contribution is -2.43. The number of hydrogen-bond donors (Lipinski definition) is 0. The first-order valence-electron chi connectivity index (χ1n) is 7.07. The van der Waals surface area contributed by atoms with Crippen LogP contribution in [0.1, 0.15) is 44.4 Å². The van der Waals surface area contributed by atoms with Gasteiger partial charge >= 0.3 is 0 Å². The van der Waals surface area contributed by atoms with Crippen molar-refractivity contribution in [3.8, 4) is 11.1 Å². The molecule has 0 saturated heterocycles. The fraction of sp³-hybridized carbons (Fsp3) is 0.368. The minimum Gasteiger partial charge on any atom is -0.0619 e. The van der Waals surface area contributed by atoms with Crippen molar-refractivity contribution in [3.63, 3.8) is 0 Å². The van der Waals surface area contributed by atoms with Gasteiger partial charge in [-0.05, 0) is 40.0 Å². The molecule has 0 fully saturated rings. The van der Waals surface area contributed by atoms with Crippen LogP contribution in [-0.2, 0) is 10.8 Å². The van der Waals surface area contributed by atoms with Crippen LogP contribution in [-0.4, -0.2) is 0 Å². The van der Waals surface area contributed by atoms with Gasteiger partial charge in [-0.1, -0.05) is 75.7 Å². The standard InChI is InChI=1S/C19H22/c1-13-10-11-17-15(12-13)14-8-6-7-9-16(14)18(2,3)19(17,4)5/h6-12H,1-5H3. The van der Waals surface area contributed by atoms with Crippen molar-refractivity contribution in [3.05, 3.63) is 59.2 Å². The molecular weight excluding hydrogens is 228 g/mol. The van der Waals surface area contributed by atoms with E-state index in [2.05, 4.69) is 77.1 Å². The maximum absolute atomic E-state index is 2.37. The maximum Gasteiger partial charge on any atom is -0.000568 e. The summed E-state index contributed by atoms with van der Waals surface area (Å²) in [7, 11) is 0. The molecule has 1 aliphatic rings. The zero-order chi connectivity index (χ0) is 13.8. The average Bonchev–Trinajstić information content (AvgIpc) is 2.37. The Morgan fingerprint density at radius 2 is 1.26 bits per heavy atom. The fourth-order valence-electron chi connectivity index (χ4n) is 3.36. The van der Waals surface area contributed by atoms with Gasteiger partial charge < -0.3 is 0 Å². The summed E-state index contributed by atoms with van der Waals surface area (Å²) in [6, 6.07) is 15.8. The Balaban J connectivity index is 2.43. The summed E-state index contributed by atoms with van der Waals surface area (Å²) in [6.45, 7) is 11.7. The van der Waals surface area contributed by atoms with Crippen LogP contribution in [0.2, 0.25) is 0 Å². The Bertz CT molecular complexity index is 645. The minimum absolute atomic E-state index is 0.143. The molecule has 0 atom stereocenters. The van der Waals surface area contributed by atoms with Gasteiger partial charge in [-0.15, -0.1) is 0 Å². The van der Waals surface area contributed by atoms with Crippen molar-refractivity contribution in [2.45, 2.75) is 45.4 Å². The summed E-state index contributed by atoms with van der Waals surface area (Å²) in [6.07, 6.45) is 0. The number of aryl methyl sites for hydroxylation is 1. The quantitative estimate of drug-likeness (QED) is 0.600. The van der Waals surface area contributed by atoms with Crippen LogP contribution in [0.15, 0.2) is 42.5 Å². The Hall–Kier alpha value is -1.56. The van der Waals surface area contributed by atoms with Crippen molar-refractivity contribution in [1.29, 1.82) is 0 Å². The summed E-state index contributed by atoms with van der Waals surface area (Å²) < 4.78 is 0. The first kappa shape index (κ1) is 12.5. The molecule has 0 radical (unpaired) electrons. The maximum atomic E-state index is 2.37. The van der Waals surface area contributed by atoms with Crippen molar-refractivity contribution in [2.24, 2.45) is 0 Å². The molecule has 0 N–H and O–H groups in total. The monoisotopic (exact) mass is 250 g/mol. The van der Waals surface area contributed by atoms with Crippen LogP contribution in [0, 0.1) is 6.92 Å². The molecule has 1 aliphatic carbocycles. The largest absolute Gasteiger partial charge is 0.0619 e. The van der Waals surface area contributed by atoms with Gasteiger partial charge in [-0.2, -0.15) is 0 Å². The predicted octanol–water partition coefficient (Wildman–Crippen LogP) is 5.23. The van der Waals surface area contributed by atoms with Crippen LogP contribution in [0.4, 0.5) is 0 Å². The molecule has 0 heterocycles. The molecule has 0 spiro atoms. The van der Waals surface area contributed by atoms with Gasteiger partial charge in [0, 0.05) is 0 Å². The topological polar surface area (TPSA) is 0 Å². The molecule has 0 aromatic heterocycles. The lowest BCUT2D eigenvalue weighted by molar-refractivity contribution is 0.299. The second-order valence-corrected chi connectivity index (χ2v) is 6.84. The molecule has 0 nitrogen and oxygen atoms in total. The smallest absolute Gasteiger partial charge is 0.000568 e. The number of fused-ring (bicyclic) bond motifs is 3. The van der Waals surface area contributed by atoms with Crippen molar-refractivity contribution < 1.29 is 0 Å². The van der Waals surface area contributed by atoms with Crippen LogP contribution < -0.4 is 0 Å². The van der Waals surface area contributed by atoms with Crippen molar-refractivity contribution in [1.82, 2.24) is 0 Å². The summed E-state index contributed by atoms with van der Waals surface area (Å²) in [5, 5.41) is 0. The lowest BCUT2D eigenvalue weighted by Gasteiger charge is -2.48. The molecule has 2 aromatic rings. The molecule has 98 valence electrons. The summed E-state index contributed by atoms with van der Waals surface area (Å²) in [5.41, 5.74) is 7.39. The third-order valence-electron chi connectivity index (χ3n) is 5.30. The minimum atomic E-state index is 0.143. The molecule has 0 unspecified atom stereocenters. The van der Waals surface area contributed by atoms with Crippen molar-refractivity contribution >= 4 is 0 Å². The Morgan fingerprint density at radius 3 is 1.95 bits per heavy atom. The highest BCUT2D eigenvalue weighted by Crippen LogP contribution is 2.53. The summed E-state index contributed by atoms with van der Waals surface area (Å²) >= 11 is 0. The van der Waals surface area contributed by atoms with Crippen LogP contribution >= 0.6 is 0 Å². The molecule has 0 aliphatic heterocycles. The van der Waals surface area contributed by atoms with E-state index in [0.717, 1.165) is 0 Å². The van der Waals surface area contributed by atoms with Gasteiger partial charge in [0.25, 0.3) is 0 Å². The molecule has 0 saturated carbocycles. The van der Waals surface area contributed by atoms with E-state index in [0.29, 0.717) is 0 Å². The molecule has 0 bridgehead atoms. The van der Waals surface area contributed by atoms with Gasteiger partial charge in [0.15, 0.2) is 0 Å². The van der Waals surface area contributed by atoms with E-state index in [9.17, 15) is 0 Å². The van der Waals surface area contributed by atoms with Crippen molar-refractivity contribution in [2.75, 3.05) is 0 Å². The van der Waals surface area contributed by atoms with E-state index in [-0.39, 0.29) is 10.8 Å². The Labute approximate surface area is 116 Å². The highest BCUT2D eigenvalue weighted by molar-refractivity contribution is 5.77. The molecule has 3 rings (SSSR count).